The third-order valence-corrected chi connectivity index (χ3v) is 4.43. The van der Waals surface area contributed by atoms with Gasteiger partial charge in [-0.1, -0.05) is 0 Å². The molecule has 1 heterocycles. The van der Waals surface area contributed by atoms with E-state index in [1.165, 1.54) is 5.69 Å². The Bertz CT molecular complexity index is 681. The van der Waals surface area contributed by atoms with Crippen molar-refractivity contribution in [1.82, 2.24) is 4.57 Å². The van der Waals surface area contributed by atoms with E-state index in [1.54, 1.807) is 12.1 Å². The first-order valence-electron chi connectivity index (χ1n) is 6.48. The molecule has 1 aromatic heterocycles. The molecule has 2 N–H and O–H groups in total. The van der Waals surface area contributed by atoms with Gasteiger partial charge >= 0.3 is 0 Å². The Balaban J connectivity index is 2.10. The number of hydrogen-bond acceptors (Lipinski definition) is 3. The lowest BCUT2D eigenvalue weighted by Crippen LogP contribution is -2.17. The molecule has 1 unspecified atom stereocenters. The molecule has 1 aliphatic rings. The van der Waals surface area contributed by atoms with Gasteiger partial charge in [0.1, 0.15) is 0 Å². The topological polar surface area (TPSA) is 74.1 Å². The standard InChI is InChI=1S/C14H14BrN3O2/c15-11-5-4-9(8-14(11)18(19)20)17-7-6-10-12(16)2-1-3-13(10)17/h4-8,12H,1-3,16H2. The van der Waals surface area contributed by atoms with E-state index in [9.17, 15) is 10.1 Å². The van der Waals surface area contributed by atoms with E-state index in [2.05, 4.69) is 15.9 Å². The Kier molecular flexibility index (Phi) is 3.35. The highest BCUT2D eigenvalue weighted by Gasteiger charge is 2.21. The molecule has 5 nitrogen and oxygen atoms in total. The van der Waals surface area contributed by atoms with Crippen LogP contribution in [-0.4, -0.2) is 9.49 Å². The number of nitrogens with zero attached hydrogens (tertiary/aromatic N) is 2. The second-order valence-electron chi connectivity index (χ2n) is 4.98. The van der Waals surface area contributed by atoms with E-state index in [1.807, 2.05) is 22.9 Å². The second kappa shape index (κ2) is 5.03. The zero-order valence-corrected chi connectivity index (χ0v) is 12.3. The summed E-state index contributed by atoms with van der Waals surface area (Å²) in [5.41, 5.74) is 9.31. The molecule has 0 aliphatic heterocycles. The fourth-order valence-corrected chi connectivity index (χ4v) is 3.15. The fraction of sp³-hybridized carbons (Fsp3) is 0.286. The largest absolute Gasteiger partial charge is 0.324 e. The molecule has 104 valence electrons. The highest BCUT2D eigenvalue weighted by Crippen LogP contribution is 2.33. The predicted molar refractivity (Wildman–Crippen MR) is 80.0 cm³/mol. The summed E-state index contributed by atoms with van der Waals surface area (Å²) in [5.74, 6) is 0. The van der Waals surface area contributed by atoms with Gasteiger partial charge in [-0.3, -0.25) is 10.1 Å². The average Bonchev–Trinajstić information content (AvgIpc) is 2.84. The van der Waals surface area contributed by atoms with Crippen LogP contribution in [0.4, 0.5) is 5.69 Å². The number of halogens is 1. The normalized spacial score (nSPS) is 17.8. The van der Waals surface area contributed by atoms with Gasteiger partial charge in [-0.05, 0) is 59.0 Å². The number of benzene rings is 1. The van der Waals surface area contributed by atoms with Crippen LogP contribution in [0, 0.1) is 10.1 Å². The zero-order valence-electron chi connectivity index (χ0n) is 10.8. The Morgan fingerprint density at radius 3 is 2.95 bits per heavy atom. The molecule has 6 heteroatoms. The summed E-state index contributed by atoms with van der Waals surface area (Å²) in [6.45, 7) is 0. The average molecular weight is 336 g/mol. The molecule has 20 heavy (non-hydrogen) atoms. The molecule has 2 aromatic rings. The van der Waals surface area contributed by atoms with Gasteiger partial charge in [0.05, 0.1) is 15.1 Å². The van der Waals surface area contributed by atoms with Gasteiger partial charge in [-0.15, -0.1) is 0 Å². The summed E-state index contributed by atoms with van der Waals surface area (Å²) < 4.78 is 2.50. The van der Waals surface area contributed by atoms with E-state index in [0.717, 1.165) is 30.5 Å². The minimum Gasteiger partial charge on any atom is -0.324 e. The van der Waals surface area contributed by atoms with Crippen molar-refractivity contribution in [2.24, 2.45) is 5.73 Å². The third-order valence-electron chi connectivity index (χ3n) is 3.76. The van der Waals surface area contributed by atoms with Gasteiger partial charge in [0.2, 0.25) is 0 Å². The Morgan fingerprint density at radius 1 is 1.40 bits per heavy atom. The van der Waals surface area contributed by atoms with Crippen LogP contribution in [0.25, 0.3) is 5.69 Å². The van der Waals surface area contributed by atoms with E-state index in [-0.39, 0.29) is 16.7 Å². The van der Waals surface area contributed by atoms with E-state index in [0.29, 0.717) is 4.47 Å². The van der Waals surface area contributed by atoms with Crippen molar-refractivity contribution < 1.29 is 4.92 Å². The molecule has 0 bridgehead atoms. The molecule has 0 radical (unpaired) electrons. The molecule has 1 atom stereocenters. The van der Waals surface area contributed by atoms with Gasteiger partial charge in [-0.25, -0.2) is 0 Å². The lowest BCUT2D eigenvalue weighted by Gasteiger charge is -2.21. The van der Waals surface area contributed by atoms with Crippen LogP contribution in [0.3, 0.4) is 0 Å². The molecule has 0 saturated carbocycles. The third kappa shape index (κ3) is 2.14. The maximum absolute atomic E-state index is 11.0. The molecule has 0 spiro atoms. The van der Waals surface area contributed by atoms with Crippen molar-refractivity contribution in [3.8, 4) is 5.69 Å². The summed E-state index contributed by atoms with van der Waals surface area (Å²) in [7, 11) is 0. The lowest BCUT2D eigenvalue weighted by molar-refractivity contribution is -0.385. The molecule has 1 aliphatic carbocycles. The number of rotatable bonds is 2. The number of nitro benzene ring substituents is 1. The minimum absolute atomic E-state index is 0.0741. The van der Waals surface area contributed by atoms with Crippen LogP contribution in [0.2, 0.25) is 0 Å². The molecular weight excluding hydrogens is 322 g/mol. The van der Waals surface area contributed by atoms with Crippen molar-refractivity contribution in [3.63, 3.8) is 0 Å². The molecular formula is C14H14BrN3O2. The first kappa shape index (κ1) is 13.3. The van der Waals surface area contributed by atoms with Crippen LogP contribution >= 0.6 is 15.9 Å². The smallest absolute Gasteiger partial charge is 0.285 e. The van der Waals surface area contributed by atoms with Crippen LogP contribution in [0.1, 0.15) is 30.1 Å². The fourth-order valence-electron chi connectivity index (χ4n) is 2.76. The molecule has 1 aromatic carbocycles. The summed E-state index contributed by atoms with van der Waals surface area (Å²) in [5, 5.41) is 11.0. The van der Waals surface area contributed by atoms with Gasteiger partial charge in [0.15, 0.2) is 0 Å². The number of fused-ring (bicyclic) bond motifs is 1. The molecule has 0 saturated heterocycles. The van der Waals surface area contributed by atoms with Crippen molar-refractivity contribution in [1.29, 1.82) is 0 Å². The molecule has 0 fully saturated rings. The van der Waals surface area contributed by atoms with Crippen LogP contribution in [-0.2, 0) is 6.42 Å². The van der Waals surface area contributed by atoms with Crippen molar-refractivity contribution >= 4 is 21.6 Å². The van der Waals surface area contributed by atoms with Gasteiger partial charge in [-0.2, -0.15) is 0 Å². The predicted octanol–water partition coefficient (Wildman–Crippen LogP) is 3.48. The second-order valence-corrected chi connectivity index (χ2v) is 5.83. The molecule has 3 rings (SSSR count). The maximum atomic E-state index is 11.0. The Labute approximate surface area is 124 Å². The summed E-state index contributed by atoms with van der Waals surface area (Å²) in [4.78, 5) is 10.7. The van der Waals surface area contributed by atoms with E-state index < -0.39 is 0 Å². The van der Waals surface area contributed by atoms with E-state index >= 15 is 0 Å². The minimum atomic E-state index is -0.380. The number of nitro groups is 1. The number of hydrogen-bond donors (Lipinski definition) is 1. The monoisotopic (exact) mass is 335 g/mol. The van der Waals surface area contributed by atoms with Gasteiger partial charge in [0, 0.05) is 24.0 Å². The SMILES string of the molecule is NC1CCCc2c1ccn2-c1ccc(Br)c([N+](=O)[O-])c1. The van der Waals surface area contributed by atoms with Crippen LogP contribution in [0.15, 0.2) is 34.9 Å². The lowest BCUT2D eigenvalue weighted by atomic mass is 9.93. The zero-order chi connectivity index (χ0) is 14.3. The summed E-state index contributed by atoms with van der Waals surface area (Å²) >= 11 is 3.21. The number of aromatic nitrogens is 1. The first-order valence-corrected chi connectivity index (χ1v) is 7.27. The highest BCUT2D eigenvalue weighted by atomic mass is 79.9. The molecule has 0 amide bonds. The first-order chi connectivity index (χ1) is 9.58. The maximum Gasteiger partial charge on any atom is 0.285 e. The van der Waals surface area contributed by atoms with Crippen molar-refractivity contribution in [2.75, 3.05) is 0 Å². The van der Waals surface area contributed by atoms with Gasteiger partial charge in [0.25, 0.3) is 5.69 Å². The van der Waals surface area contributed by atoms with Crippen LogP contribution in [0.5, 0.6) is 0 Å². The quantitative estimate of drug-likeness (QED) is 0.674. The Morgan fingerprint density at radius 2 is 2.20 bits per heavy atom. The van der Waals surface area contributed by atoms with Crippen LogP contribution < -0.4 is 5.73 Å². The van der Waals surface area contributed by atoms with E-state index in [4.69, 9.17) is 5.73 Å². The van der Waals surface area contributed by atoms with Crippen molar-refractivity contribution in [2.45, 2.75) is 25.3 Å². The van der Waals surface area contributed by atoms with Crippen molar-refractivity contribution in [3.05, 3.63) is 56.3 Å². The van der Waals surface area contributed by atoms with Gasteiger partial charge < -0.3 is 10.3 Å². The summed E-state index contributed by atoms with van der Waals surface area (Å²) in [6, 6.07) is 7.27. The Hall–Kier alpha value is -1.66. The highest BCUT2D eigenvalue weighted by molar-refractivity contribution is 9.10. The number of nitrogens with two attached hydrogens (primary N) is 1. The summed E-state index contributed by atoms with van der Waals surface area (Å²) in [6.07, 6.45) is 4.96.